The van der Waals surface area contributed by atoms with E-state index in [0.717, 1.165) is 0 Å². The maximum Gasteiger partial charge on any atom is 0.106 e. The summed E-state index contributed by atoms with van der Waals surface area (Å²) in [5.74, 6) is -0.376. The normalized spacial score (nSPS) is 49.2. The van der Waals surface area contributed by atoms with Crippen LogP contribution in [0.4, 0.5) is 0 Å². The van der Waals surface area contributed by atoms with Gasteiger partial charge in [0, 0.05) is 12.5 Å². The number of aliphatic hydroxyl groups excluding tert-OH is 4. The average molecular weight is 176 g/mol. The molecule has 0 amide bonds. The van der Waals surface area contributed by atoms with Gasteiger partial charge in [0.1, 0.15) is 6.10 Å². The summed E-state index contributed by atoms with van der Waals surface area (Å²) in [6.45, 7) is 1.65. The first-order valence-electron chi connectivity index (χ1n) is 4.23. The second-order valence-corrected chi connectivity index (χ2v) is 3.63. The molecule has 4 heteroatoms. The minimum atomic E-state index is -1.12. The first-order chi connectivity index (χ1) is 5.57. The van der Waals surface area contributed by atoms with Crippen molar-refractivity contribution in [1.82, 2.24) is 0 Å². The second kappa shape index (κ2) is 3.70. The third kappa shape index (κ3) is 1.61. The van der Waals surface area contributed by atoms with Crippen LogP contribution < -0.4 is 0 Å². The van der Waals surface area contributed by atoms with Gasteiger partial charge in [-0.2, -0.15) is 0 Å². The lowest BCUT2D eigenvalue weighted by Crippen LogP contribution is -2.51. The van der Waals surface area contributed by atoms with Gasteiger partial charge in [-0.15, -0.1) is 0 Å². The molecule has 1 aliphatic rings. The fourth-order valence-electron chi connectivity index (χ4n) is 1.76. The standard InChI is InChI=1S/C8H16O4/c1-4-2-5(3-9)7(11)8(12)6(4)10/h4-12H,2-3H2,1H3/t4-,5+,6-,7+,8-/m0/s1. The molecule has 4 nitrogen and oxygen atoms in total. The van der Waals surface area contributed by atoms with E-state index in [0.29, 0.717) is 6.42 Å². The highest BCUT2D eigenvalue weighted by Gasteiger charge is 2.40. The van der Waals surface area contributed by atoms with E-state index in [1.165, 1.54) is 0 Å². The van der Waals surface area contributed by atoms with E-state index >= 15 is 0 Å². The Morgan fingerprint density at radius 2 is 1.67 bits per heavy atom. The molecule has 0 aromatic rings. The van der Waals surface area contributed by atoms with Crippen molar-refractivity contribution in [2.45, 2.75) is 31.7 Å². The largest absolute Gasteiger partial charge is 0.396 e. The monoisotopic (exact) mass is 176 g/mol. The Labute approximate surface area is 71.5 Å². The van der Waals surface area contributed by atoms with Gasteiger partial charge < -0.3 is 20.4 Å². The molecule has 0 aromatic heterocycles. The van der Waals surface area contributed by atoms with Gasteiger partial charge in [-0.3, -0.25) is 0 Å². The fraction of sp³-hybridized carbons (Fsp3) is 1.00. The Morgan fingerprint density at radius 3 is 2.17 bits per heavy atom. The summed E-state index contributed by atoms with van der Waals surface area (Å²) >= 11 is 0. The van der Waals surface area contributed by atoms with E-state index in [-0.39, 0.29) is 18.4 Å². The Morgan fingerprint density at radius 1 is 1.08 bits per heavy atom. The van der Waals surface area contributed by atoms with Crippen LogP contribution >= 0.6 is 0 Å². The van der Waals surface area contributed by atoms with Gasteiger partial charge in [-0.1, -0.05) is 6.92 Å². The third-order valence-corrected chi connectivity index (χ3v) is 2.67. The lowest BCUT2D eigenvalue weighted by molar-refractivity contribution is -0.138. The predicted molar refractivity (Wildman–Crippen MR) is 42.4 cm³/mol. The van der Waals surface area contributed by atoms with Crippen molar-refractivity contribution in [3.05, 3.63) is 0 Å². The van der Waals surface area contributed by atoms with Crippen molar-refractivity contribution in [2.24, 2.45) is 11.8 Å². The van der Waals surface area contributed by atoms with Crippen LogP contribution in [-0.2, 0) is 0 Å². The van der Waals surface area contributed by atoms with Crippen LogP contribution in [0.3, 0.4) is 0 Å². The molecule has 1 fully saturated rings. The quantitative estimate of drug-likeness (QED) is 0.401. The molecule has 12 heavy (non-hydrogen) atoms. The van der Waals surface area contributed by atoms with Crippen LogP contribution in [0.15, 0.2) is 0 Å². The number of hydrogen-bond acceptors (Lipinski definition) is 4. The molecule has 0 aromatic carbocycles. The minimum absolute atomic E-state index is 0.0689. The molecule has 0 heterocycles. The Kier molecular flexibility index (Phi) is 3.06. The highest BCUT2D eigenvalue weighted by atomic mass is 16.4. The molecule has 0 bridgehead atoms. The lowest BCUT2D eigenvalue weighted by atomic mass is 9.77. The molecule has 72 valence electrons. The van der Waals surface area contributed by atoms with Gasteiger partial charge in [0.15, 0.2) is 0 Å². The molecule has 0 radical (unpaired) electrons. The SMILES string of the molecule is C[C@H]1C[C@H](CO)[C@@H](O)[C@@H](O)[C@H]1O. The molecule has 1 rings (SSSR count). The summed E-state index contributed by atoms with van der Waals surface area (Å²) in [6, 6.07) is 0. The van der Waals surface area contributed by atoms with Crippen molar-refractivity contribution in [2.75, 3.05) is 6.61 Å². The van der Waals surface area contributed by atoms with Crippen LogP contribution in [0.5, 0.6) is 0 Å². The first-order valence-corrected chi connectivity index (χ1v) is 4.23. The van der Waals surface area contributed by atoms with Crippen molar-refractivity contribution < 1.29 is 20.4 Å². The van der Waals surface area contributed by atoms with Crippen molar-refractivity contribution in [3.8, 4) is 0 Å². The van der Waals surface area contributed by atoms with Crippen LogP contribution in [0.25, 0.3) is 0 Å². The maximum absolute atomic E-state index is 9.36. The third-order valence-electron chi connectivity index (χ3n) is 2.67. The van der Waals surface area contributed by atoms with Crippen LogP contribution in [0.1, 0.15) is 13.3 Å². The average Bonchev–Trinajstić information content (AvgIpc) is 2.08. The predicted octanol–water partition coefficient (Wildman–Crippen LogP) is -1.28. The van der Waals surface area contributed by atoms with Crippen LogP contribution in [0, 0.1) is 11.8 Å². The van der Waals surface area contributed by atoms with Crippen LogP contribution in [0.2, 0.25) is 0 Å². The molecule has 1 aliphatic carbocycles. The number of aliphatic hydroxyl groups is 4. The molecular formula is C8H16O4. The molecule has 0 aliphatic heterocycles. The smallest absolute Gasteiger partial charge is 0.106 e. The summed E-state index contributed by atoms with van der Waals surface area (Å²) in [7, 11) is 0. The number of rotatable bonds is 1. The Bertz CT molecular complexity index is 145. The highest BCUT2D eigenvalue weighted by Crippen LogP contribution is 2.29. The molecule has 1 saturated carbocycles. The number of hydrogen-bond donors (Lipinski definition) is 4. The van der Waals surface area contributed by atoms with E-state index in [2.05, 4.69) is 0 Å². The summed E-state index contributed by atoms with van der Waals surface area (Å²) in [5.41, 5.74) is 0. The molecule has 0 saturated heterocycles. The van der Waals surface area contributed by atoms with Gasteiger partial charge in [0.05, 0.1) is 12.2 Å². The van der Waals surface area contributed by atoms with Crippen molar-refractivity contribution in [3.63, 3.8) is 0 Å². The second-order valence-electron chi connectivity index (χ2n) is 3.63. The zero-order valence-electron chi connectivity index (χ0n) is 7.09. The summed E-state index contributed by atoms with van der Waals surface area (Å²) < 4.78 is 0. The van der Waals surface area contributed by atoms with E-state index in [4.69, 9.17) is 5.11 Å². The van der Waals surface area contributed by atoms with Gasteiger partial charge >= 0.3 is 0 Å². The van der Waals surface area contributed by atoms with E-state index in [1.54, 1.807) is 6.92 Å². The summed E-state index contributed by atoms with van der Waals surface area (Å²) in [5, 5.41) is 36.8. The van der Waals surface area contributed by atoms with E-state index in [9.17, 15) is 15.3 Å². The van der Waals surface area contributed by atoms with Gasteiger partial charge in [0.2, 0.25) is 0 Å². The first kappa shape index (κ1) is 9.92. The molecule has 5 atom stereocenters. The summed E-state index contributed by atoms with van der Waals surface area (Å²) in [6.07, 6.45) is -2.44. The van der Waals surface area contributed by atoms with Gasteiger partial charge in [-0.25, -0.2) is 0 Å². The molecule has 0 spiro atoms. The minimum Gasteiger partial charge on any atom is -0.396 e. The van der Waals surface area contributed by atoms with Crippen molar-refractivity contribution in [1.29, 1.82) is 0 Å². The lowest BCUT2D eigenvalue weighted by Gasteiger charge is -2.38. The zero-order valence-corrected chi connectivity index (χ0v) is 7.09. The van der Waals surface area contributed by atoms with Gasteiger partial charge in [0.25, 0.3) is 0 Å². The molecular weight excluding hydrogens is 160 g/mol. The van der Waals surface area contributed by atoms with Crippen LogP contribution in [-0.4, -0.2) is 45.3 Å². The molecule has 4 N–H and O–H groups in total. The summed E-state index contributed by atoms with van der Waals surface area (Å²) in [4.78, 5) is 0. The Balaban J connectivity index is 2.63. The zero-order chi connectivity index (χ0) is 9.30. The fourth-order valence-corrected chi connectivity index (χ4v) is 1.76. The van der Waals surface area contributed by atoms with Gasteiger partial charge in [-0.05, 0) is 12.3 Å². The van der Waals surface area contributed by atoms with E-state index < -0.39 is 18.3 Å². The molecule has 0 unspecified atom stereocenters. The highest BCUT2D eigenvalue weighted by molar-refractivity contribution is 4.90. The topological polar surface area (TPSA) is 80.9 Å². The van der Waals surface area contributed by atoms with E-state index in [1.807, 2.05) is 0 Å². The van der Waals surface area contributed by atoms with Crippen molar-refractivity contribution >= 4 is 0 Å². The Hall–Kier alpha value is -0.160. The maximum atomic E-state index is 9.36.